The Bertz CT molecular complexity index is 385. The van der Waals surface area contributed by atoms with Gasteiger partial charge in [0.2, 0.25) is 0 Å². The minimum atomic E-state index is -4.88. The topological polar surface area (TPSA) is 38.3 Å². The standard InChI is InChI=1S/C11H12F3NO2/c1-7(2)17-9-5-3-8(4-6-9)15-10(16)11(12,13)14/h3-7H,1-2H3,(H,15,16). The van der Waals surface area contributed by atoms with Gasteiger partial charge in [-0.05, 0) is 38.1 Å². The van der Waals surface area contributed by atoms with Crippen molar-refractivity contribution in [2.45, 2.75) is 26.1 Å². The summed E-state index contributed by atoms with van der Waals surface area (Å²) < 4.78 is 41.2. The second kappa shape index (κ2) is 5.07. The summed E-state index contributed by atoms with van der Waals surface area (Å²) in [7, 11) is 0. The van der Waals surface area contributed by atoms with E-state index in [2.05, 4.69) is 0 Å². The lowest BCUT2D eigenvalue weighted by Gasteiger charge is -2.11. The number of carbonyl (C=O) groups is 1. The van der Waals surface area contributed by atoms with E-state index in [1.54, 1.807) is 5.32 Å². The molecule has 3 nitrogen and oxygen atoms in total. The van der Waals surface area contributed by atoms with E-state index >= 15 is 0 Å². The molecule has 0 aliphatic carbocycles. The second-order valence-electron chi connectivity index (χ2n) is 3.64. The van der Waals surface area contributed by atoms with Crippen molar-refractivity contribution in [2.75, 3.05) is 5.32 Å². The number of nitrogens with one attached hydrogen (secondary N) is 1. The Balaban J connectivity index is 2.66. The van der Waals surface area contributed by atoms with Gasteiger partial charge in [0.15, 0.2) is 0 Å². The van der Waals surface area contributed by atoms with E-state index < -0.39 is 12.1 Å². The number of anilines is 1. The van der Waals surface area contributed by atoms with Gasteiger partial charge in [0, 0.05) is 5.69 Å². The molecule has 0 aliphatic rings. The number of hydrogen-bond donors (Lipinski definition) is 1. The Hall–Kier alpha value is -1.72. The van der Waals surface area contributed by atoms with E-state index in [1.807, 2.05) is 13.8 Å². The largest absolute Gasteiger partial charge is 0.491 e. The van der Waals surface area contributed by atoms with Crippen LogP contribution in [0.3, 0.4) is 0 Å². The minimum absolute atomic E-state index is 0.0226. The molecule has 94 valence electrons. The molecule has 0 aliphatic heterocycles. The highest BCUT2D eigenvalue weighted by Gasteiger charge is 2.38. The summed E-state index contributed by atoms with van der Waals surface area (Å²) in [4.78, 5) is 10.6. The molecule has 0 radical (unpaired) electrons. The molecule has 0 spiro atoms. The molecular formula is C11H12F3NO2. The van der Waals surface area contributed by atoms with Crippen molar-refractivity contribution in [1.82, 2.24) is 0 Å². The molecule has 0 bridgehead atoms. The Labute approximate surface area is 96.6 Å². The van der Waals surface area contributed by atoms with Gasteiger partial charge in [0.1, 0.15) is 5.75 Å². The minimum Gasteiger partial charge on any atom is -0.491 e. The van der Waals surface area contributed by atoms with Gasteiger partial charge in [-0.15, -0.1) is 0 Å². The van der Waals surface area contributed by atoms with Crippen LogP contribution in [-0.2, 0) is 4.79 Å². The zero-order valence-corrected chi connectivity index (χ0v) is 9.34. The number of ether oxygens (including phenoxy) is 1. The van der Waals surface area contributed by atoms with Crippen LogP contribution in [0.1, 0.15) is 13.8 Å². The van der Waals surface area contributed by atoms with Gasteiger partial charge in [0.25, 0.3) is 0 Å². The molecule has 1 aromatic rings. The predicted octanol–water partition coefficient (Wildman–Crippen LogP) is 2.97. The number of alkyl halides is 3. The fourth-order valence-electron chi connectivity index (χ4n) is 1.09. The number of amides is 1. The fraction of sp³-hybridized carbons (Fsp3) is 0.364. The summed E-state index contributed by atoms with van der Waals surface area (Å²) in [6, 6.07) is 5.68. The Kier molecular flexibility index (Phi) is 3.98. The maximum Gasteiger partial charge on any atom is 0.471 e. The van der Waals surface area contributed by atoms with Crippen molar-refractivity contribution >= 4 is 11.6 Å². The van der Waals surface area contributed by atoms with E-state index in [0.29, 0.717) is 5.75 Å². The second-order valence-corrected chi connectivity index (χ2v) is 3.64. The van der Waals surface area contributed by atoms with Gasteiger partial charge in [0.05, 0.1) is 6.10 Å². The van der Waals surface area contributed by atoms with E-state index in [0.717, 1.165) is 0 Å². The van der Waals surface area contributed by atoms with E-state index in [1.165, 1.54) is 24.3 Å². The molecular weight excluding hydrogens is 235 g/mol. The number of halogens is 3. The first-order valence-corrected chi connectivity index (χ1v) is 4.94. The van der Waals surface area contributed by atoms with Crippen LogP contribution >= 0.6 is 0 Å². The summed E-state index contributed by atoms with van der Waals surface area (Å²) in [5, 5.41) is 1.74. The van der Waals surface area contributed by atoms with Gasteiger partial charge < -0.3 is 10.1 Å². The van der Waals surface area contributed by atoms with Crippen molar-refractivity contribution in [3.63, 3.8) is 0 Å². The lowest BCUT2D eigenvalue weighted by molar-refractivity contribution is -0.167. The van der Waals surface area contributed by atoms with Crippen LogP contribution in [0.4, 0.5) is 18.9 Å². The molecule has 0 unspecified atom stereocenters. The molecule has 0 fully saturated rings. The smallest absolute Gasteiger partial charge is 0.471 e. The SMILES string of the molecule is CC(C)Oc1ccc(NC(=O)C(F)(F)F)cc1. The van der Waals surface area contributed by atoms with Crippen LogP contribution < -0.4 is 10.1 Å². The summed E-state index contributed by atoms with van der Waals surface area (Å²) in [5.74, 6) is -1.46. The molecule has 1 amide bonds. The summed E-state index contributed by atoms with van der Waals surface area (Å²) in [6.07, 6.45) is -4.90. The Morgan fingerprint density at radius 2 is 1.76 bits per heavy atom. The van der Waals surface area contributed by atoms with Crippen LogP contribution in [-0.4, -0.2) is 18.2 Å². The van der Waals surface area contributed by atoms with Crippen LogP contribution in [0.15, 0.2) is 24.3 Å². The zero-order chi connectivity index (χ0) is 13.1. The van der Waals surface area contributed by atoms with Crippen molar-refractivity contribution in [3.05, 3.63) is 24.3 Å². The third-order valence-electron chi connectivity index (χ3n) is 1.74. The highest BCUT2D eigenvalue weighted by atomic mass is 19.4. The molecule has 0 aromatic heterocycles. The first-order valence-electron chi connectivity index (χ1n) is 4.94. The average Bonchev–Trinajstić information content (AvgIpc) is 2.18. The van der Waals surface area contributed by atoms with Crippen LogP contribution in [0.5, 0.6) is 5.75 Å². The summed E-state index contributed by atoms with van der Waals surface area (Å²) in [6.45, 7) is 3.67. The molecule has 1 aromatic carbocycles. The van der Waals surface area contributed by atoms with Gasteiger partial charge in [-0.25, -0.2) is 0 Å². The van der Waals surface area contributed by atoms with Crippen LogP contribution in [0.25, 0.3) is 0 Å². The molecule has 0 heterocycles. The normalized spacial score (nSPS) is 11.4. The predicted molar refractivity (Wildman–Crippen MR) is 56.9 cm³/mol. The Morgan fingerprint density at radius 3 is 2.18 bits per heavy atom. The third kappa shape index (κ3) is 4.34. The zero-order valence-electron chi connectivity index (χ0n) is 9.34. The molecule has 1 rings (SSSR count). The molecule has 0 saturated heterocycles. The third-order valence-corrected chi connectivity index (χ3v) is 1.74. The number of carbonyl (C=O) groups excluding carboxylic acids is 1. The quantitative estimate of drug-likeness (QED) is 0.891. The molecule has 17 heavy (non-hydrogen) atoms. The lowest BCUT2D eigenvalue weighted by atomic mass is 10.3. The van der Waals surface area contributed by atoms with E-state index in [-0.39, 0.29) is 11.8 Å². The van der Waals surface area contributed by atoms with Crippen molar-refractivity contribution in [1.29, 1.82) is 0 Å². The van der Waals surface area contributed by atoms with Crippen LogP contribution in [0.2, 0.25) is 0 Å². The summed E-state index contributed by atoms with van der Waals surface area (Å²) in [5.41, 5.74) is 0.0726. The maximum absolute atomic E-state index is 11.9. The monoisotopic (exact) mass is 247 g/mol. The van der Waals surface area contributed by atoms with E-state index in [9.17, 15) is 18.0 Å². The molecule has 0 atom stereocenters. The average molecular weight is 247 g/mol. The van der Waals surface area contributed by atoms with Crippen molar-refractivity contribution < 1.29 is 22.7 Å². The highest BCUT2D eigenvalue weighted by molar-refractivity contribution is 5.94. The van der Waals surface area contributed by atoms with Gasteiger partial charge in [-0.1, -0.05) is 0 Å². The van der Waals surface area contributed by atoms with Crippen molar-refractivity contribution in [3.8, 4) is 5.75 Å². The molecule has 0 saturated carbocycles. The fourth-order valence-corrected chi connectivity index (χ4v) is 1.09. The maximum atomic E-state index is 11.9. The lowest BCUT2D eigenvalue weighted by Crippen LogP contribution is -2.29. The molecule has 1 N–H and O–H groups in total. The van der Waals surface area contributed by atoms with Gasteiger partial charge in [-0.2, -0.15) is 13.2 Å². The number of benzene rings is 1. The van der Waals surface area contributed by atoms with E-state index in [4.69, 9.17) is 4.74 Å². The van der Waals surface area contributed by atoms with Crippen molar-refractivity contribution in [2.24, 2.45) is 0 Å². The Morgan fingerprint density at radius 1 is 1.24 bits per heavy atom. The van der Waals surface area contributed by atoms with Crippen LogP contribution in [0, 0.1) is 0 Å². The number of rotatable bonds is 3. The summed E-state index contributed by atoms with van der Waals surface area (Å²) >= 11 is 0. The highest BCUT2D eigenvalue weighted by Crippen LogP contribution is 2.20. The first-order chi connectivity index (χ1) is 7.79. The van der Waals surface area contributed by atoms with Gasteiger partial charge >= 0.3 is 12.1 Å². The number of hydrogen-bond acceptors (Lipinski definition) is 2. The first kappa shape index (κ1) is 13.3. The molecule has 6 heteroatoms. The van der Waals surface area contributed by atoms with Gasteiger partial charge in [-0.3, -0.25) is 4.79 Å².